The molecule has 0 fully saturated rings. The Morgan fingerprint density at radius 1 is 0.585 bits per heavy atom. The maximum absolute atomic E-state index is 12.7. The van der Waals surface area contributed by atoms with E-state index in [2.05, 4.69) is 50.3 Å². The number of unbranched alkanes of at least 4 members (excludes halogenated alkanes) is 18. The Morgan fingerprint density at radius 2 is 1.04 bits per heavy atom. The fourth-order valence-corrected chi connectivity index (χ4v) is 6.24. The summed E-state index contributed by atoms with van der Waals surface area (Å²) in [4.78, 5) is 35.3. The molecule has 0 aromatic rings. The van der Waals surface area contributed by atoms with E-state index in [-0.39, 0.29) is 32.0 Å². The van der Waals surface area contributed by atoms with E-state index in [0.717, 1.165) is 77.0 Å². The van der Waals surface area contributed by atoms with Crippen LogP contribution < -0.4 is 0 Å². The van der Waals surface area contributed by atoms with Crippen LogP contribution in [0.3, 0.4) is 0 Å². The van der Waals surface area contributed by atoms with E-state index >= 15 is 0 Å². The largest absolute Gasteiger partial charge is 0.472 e. The van der Waals surface area contributed by atoms with Crippen molar-refractivity contribution in [3.05, 3.63) is 36.5 Å². The second kappa shape index (κ2) is 35.9. The van der Waals surface area contributed by atoms with Gasteiger partial charge in [0.05, 0.1) is 27.7 Å². The number of nitrogens with zero attached hydrogens (tertiary/aromatic N) is 1. The van der Waals surface area contributed by atoms with Gasteiger partial charge in [-0.05, 0) is 64.2 Å². The quantitative estimate of drug-likeness (QED) is 0.0217. The number of ether oxygens (including phenoxy) is 2. The van der Waals surface area contributed by atoms with Gasteiger partial charge in [0, 0.05) is 12.8 Å². The van der Waals surface area contributed by atoms with Crippen molar-refractivity contribution in [3.63, 3.8) is 0 Å². The molecule has 1 N–H and O–H groups in total. The summed E-state index contributed by atoms with van der Waals surface area (Å²) >= 11 is 0. The van der Waals surface area contributed by atoms with Crippen molar-refractivity contribution < 1.29 is 42.1 Å². The molecule has 0 bridgehead atoms. The summed E-state index contributed by atoms with van der Waals surface area (Å²) in [6.07, 6.45) is 39.0. The summed E-state index contributed by atoms with van der Waals surface area (Å²) < 4.78 is 34.2. The number of carbonyl (C=O) groups is 2. The van der Waals surface area contributed by atoms with Crippen LogP contribution in [-0.2, 0) is 32.7 Å². The minimum absolute atomic E-state index is 0.0264. The van der Waals surface area contributed by atoms with Gasteiger partial charge in [-0.1, -0.05) is 134 Å². The lowest BCUT2D eigenvalue weighted by atomic mass is 10.1. The molecule has 1 unspecified atom stereocenters. The Balaban J connectivity index is 4.43. The molecule has 0 aliphatic heterocycles. The minimum atomic E-state index is -4.38. The highest BCUT2D eigenvalue weighted by atomic mass is 31.2. The van der Waals surface area contributed by atoms with Gasteiger partial charge in [0.25, 0.3) is 0 Å². The first kappa shape index (κ1) is 51.2. The van der Waals surface area contributed by atoms with Crippen LogP contribution in [-0.4, -0.2) is 74.9 Å². The van der Waals surface area contributed by atoms with E-state index in [1.807, 2.05) is 21.1 Å². The average Bonchev–Trinajstić information content (AvgIpc) is 3.10. The molecule has 0 aromatic heterocycles. The third kappa shape index (κ3) is 39.7. The summed E-state index contributed by atoms with van der Waals surface area (Å²) in [6, 6.07) is 0. The number of rotatable bonds is 38. The van der Waals surface area contributed by atoms with Gasteiger partial charge in [0.15, 0.2) is 6.10 Å². The average molecular weight is 771 g/mol. The fourth-order valence-electron chi connectivity index (χ4n) is 5.49. The van der Waals surface area contributed by atoms with Gasteiger partial charge in [0.2, 0.25) is 0 Å². The topological polar surface area (TPSA) is 108 Å². The Kier molecular flexibility index (Phi) is 34.7. The van der Waals surface area contributed by atoms with Gasteiger partial charge >= 0.3 is 19.8 Å². The zero-order chi connectivity index (χ0) is 39.3. The molecule has 2 atom stereocenters. The molecule has 10 heteroatoms. The van der Waals surface area contributed by atoms with Crippen LogP contribution in [0.25, 0.3) is 0 Å². The van der Waals surface area contributed by atoms with Crippen molar-refractivity contribution in [2.24, 2.45) is 0 Å². The van der Waals surface area contributed by atoms with Crippen LogP contribution >= 0.6 is 7.82 Å². The molecule has 9 nitrogen and oxygen atoms in total. The van der Waals surface area contributed by atoms with Gasteiger partial charge in [-0.25, -0.2) is 4.57 Å². The third-order valence-corrected chi connectivity index (χ3v) is 9.88. The number of hydrogen-bond donors (Lipinski definition) is 1. The van der Waals surface area contributed by atoms with E-state index in [4.69, 9.17) is 18.5 Å². The van der Waals surface area contributed by atoms with Gasteiger partial charge < -0.3 is 18.9 Å². The lowest BCUT2D eigenvalue weighted by Gasteiger charge is -2.24. The number of quaternary nitrogens is 1. The van der Waals surface area contributed by atoms with Crippen molar-refractivity contribution in [1.29, 1.82) is 0 Å². The molecule has 0 aliphatic carbocycles. The van der Waals surface area contributed by atoms with E-state index < -0.39 is 26.5 Å². The molecule has 0 spiro atoms. The number of likely N-dealkylation sites (N-methyl/N-ethyl adjacent to an activating group) is 1. The van der Waals surface area contributed by atoms with E-state index in [1.165, 1.54) is 64.2 Å². The first-order chi connectivity index (χ1) is 25.5. The predicted molar refractivity (Wildman–Crippen MR) is 220 cm³/mol. The van der Waals surface area contributed by atoms with Crippen molar-refractivity contribution in [3.8, 4) is 0 Å². The maximum atomic E-state index is 12.7. The predicted octanol–water partition coefficient (Wildman–Crippen LogP) is 11.7. The number of phosphoric ester groups is 1. The first-order valence-electron chi connectivity index (χ1n) is 21.2. The maximum Gasteiger partial charge on any atom is 0.472 e. The lowest BCUT2D eigenvalue weighted by molar-refractivity contribution is -0.870. The summed E-state index contributed by atoms with van der Waals surface area (Å²) in [7, 11) is 1.46. The van der Waals surface area contributed by atoms with Gasteiger partial charge in [0.1, 0.15) is 19.8 Å². The monoisotopic (exact) mass is 771 g/mol. The highest BCUT2D eigenvalue weighted by molar-refractivity contribution is 7.47. The number of phosphoric acid groups is 1. The summed E-state index contributed by atoms with van der Waals surface area (Å²) in [5.74, 6) is -0.834. The van der Waals surface area contributed by atoms with Crippen molar-refractivity contribution in [1.82, 2.24) is 0 Å². The second-order valence-corrected chi connectivity index (χ2v) is 16.8. The van der Waals surface area contributed by atoms with Crippen LogP contribution in [0.1, 0.15) is 174 Å². The smallest absolute Gasteiger partial charge is 0.462 e. The highest BCUT2D eigenvalue weighted by Gasteiger charge is 2.27. The molecule has 53 heavy (non-hydrogen) atoms. The minimum Gasteiger partial charge on any atom is -0.462 e. The molecule has 0 saturated heterocycles. The molecular weight excluding hydrogens is 689 g/mol. The van der Waals surface area contributed by atoms with E-state index in [1.54, 1.807) is 0 Å². The van der Waals surface area contributed by atoms with Gasteiger partial charge in [-0.3, -0.25) is 18.6 Å². The fraction of sp³-hybridized carbons (Fsp3) is 0.814. The third-order valence-electron chi connectivity index (χ3n) is 8.89. The van der Waals surface area contributed by atoms with Crippen molar-refractivity contribution in [2.45, 2.75) is 180 Å². The lowest BCUT2D eigenvalue weighted by Crippen LogP contribution is -2.37. The molecule has 0 radical (unpaired) electrons. The summed E-state index contributed by atoms with van der Waals surface area (Å²) in [6.45, 7) is 4.34. The van der Waals surface area contributed by atoms with E-state index in [0.29, 0.717) is 17.4 Å². The van der Waals surface area contributed by atoms with Crippen molar-refractivity contribution in [2.75, 3.05) is 47.5 Å². The SMILES string of the molecule is CCCC/C=C/C/C=C/CCCCCCCC(=O)OC[C@H](COP(=O)(O)OCC[N+](C)(C)C)OC(=O)CCCCC/C=C/CCCCCCCCCC. The first-order valence-corrected chi connectivity index (χ1v) is 22.7. The number of hydrogen-bond acceptors (Lipinski definition) is 7. The Hall–Kier alpha value is -1.77. The zero-order valence-corrected chi connectivity index (χ0v) is 35.6. The molecule has 0 amide bonds. The Bertz CT molecular complexity index is 1010. The second-order valence-electron chi connectivity index (χ2n) is 15.4. The standard InChI is InChI=1S/C43H80NO8P/c1-6-8-10-12-14-16-18-20-22-24-26-28-30-32-34-36-43(46)52-41(40-51-53(47,48)50-38-37-44(3,4)5)39-49-42(45)35-33-31-29-27-25-23-21-19-17-15-13-11-9-7-2/h13,15,19,21,24,26,41H,6-12,14,16-18,20,22-23,25,27-40H2,1-5H3/p+1/b15-13+,21-19+,26-24+/t41-/m1/s1. The van der Waals surface area contributed by atoms with Crippen molar-refractivity contribution >= 4 is 19.8 Å². The molecule has 0 aliphatic rings. The van der Waals surface area contributed by atoms with Crippen LogP contribution in [0, 0.1) is 0 Å². The van der Waals surface area contributed by atoms with E-state index in [9.17, 15) is 19.0 Å². The molecule has 310 valence electrons. The highest BCUT2D eigenvalue weighted by Crippen LogP contribution is 2.43. The molecule has 0 heterocycles. The number of esters is 2. The number of carbonyl (C=O) groups excluding carboxylic acids is 2. The van der Waals surface area contributed by atoms with Crippen LogP contribution in [0.2, 0.25) is 0 Å². The van der Waals surface area contributed by atoms with Crippen LogP contribution in [0.5, 0.6) is 0 Å². The van der Waals surface area contributed by atoms with Gasteiger partial charge in [-0.2, -0.15) is 0 Å². The normalized spacial score (nSPS) is 14.0. The molecular formula is C43H81NO8P+. The Labute approximate surface area is 325 Å². The van der Waals surface area contributed by atoms with Crippen LogP contribution in [0.4, 0.5) is 0 Å². The Morgan fingerprint density at radius 3 is 1.58 bits per heavy atom. The number of allylic oxidation sites excluding steroid dienone is 6. The molecule has 0 saturated carbocycles. The van der Waals surface area contributed by atoms with Gasteiger partial charge in [-0.15, -0.1) is 0 Å². The zero-order valence-electron chi connectivity index (χ0n) is 34.7. The van der Waals surface area contributed by atoms with Crippen LogP contribution in [0.15, 0.2) is 36.5 Å². The summed E-state index contributed by atoms with van der Waals surface area (Å²) in [5, 5.41) is 0. The molecule has 0 rings (SSSR count). The molecule has 0 aromatic carbocycles. The summed E-state index contributed by atoms with van der Waals surface area (Å²) in [5.41, 5.74) is 0.